The lowest BCUT2D eigenvalue weighted by Gasteiger charge is -2.26. The van der Waals surface area contributed by atoms with Crippen molar-refractivity contribution in [3.05, 3.63) is 18.0 Å². The second-order valence-electron chi connectivity index (χ2n) is 5.07. The molecule has 0 fully saturated rings. The fourth-order valence-corrected chi connectivity index (χ4v) is 1.20. The van der Waals surface area contributed by atoms with Crippen LogP contribution in [0.2, 0.25) is 0 Å². The average Bonchev–Trinajstić information content (AvgIpc) is 2.26. The van der Waals surface area contributed by atoms with Gasteiger partial charge in [-0.3, -0.25) is 0 Å². The molecule has 1 aromatic rings. The standard InChI is InChI=1S/C12H16N4O2/c1-11(2,3)18-9(17)12(4,7-13)8-5-15-10(14)16-6-8/h5-6H,1-4H3,(H2,14,15,16). The number of nitrogens with two attached hydrogens (primary N) is 1. The summed E-state index contributed by atoms with van der Waals surface area (Å²) in [7, 11) is 0. The zero-order valence-corrected chi connectivity index (χ0v) is 10.9. The van der Waals surface area contributed by atoms with Gasteiger partial charge in [0.05, 0.1) is 6.07 Å². The van der Waals surface area contributed by atoms with E-state index in [-0.39, 0.29) is 5.95 Å². The van der Waals surface area contributed by atoms with Crippen molar-refractivity contribution in [2.24, 2.45) is 0 Å². The number of hydrogen-bond acceptors (Lipinski definition) is 6. The molecule has 0 bridgehead atoms. The van der Waals surface area contributed by atoms with Gasteiger partial charge in [-0.1, -0.05) is 0 Å². The second kappa shape index (κ2) is 4.61. The first-order valence-electron chi connectivity index (χ1n) is 5.42. The lowest BCUT2D eigenvalue weighted by atomic mass is 9.86. The van der Waals surface area contributed by atoms with Gasteiger partial charge in [0.2, 0.25) is 5.95 Å². The minimum Gasteiger partial charge on any atom is -0.459 e. The van der Waals surface area contributed by atoms with E-state index in [0.29, 0.717) is 5.56 Å². The van der Waals surface area contributed by atoms with Crippen LogP contribution in [-0.4, -0.2) is 21.5 Å². The fourth-order valence-electron chi connectivity index (χ4n) is 1.20. The van der Waals surface area contributed by atoms with Gasteiger partial charge in [-0.2, -0.15) is 5.26 Å². The van der Waals surface area contributed by atoms with E-state index < -0.39 is 17.0 Å². The van der Waals surface area contributed by atoms with Crippen LogP contribution in [0.3, 0.4) is 0 Å². The molecule has 0 amide bonds. The molecule has 96 valence electrons. The largest absolute Gasteiger partial charge is 0.459 e. The van der Waals surface area contributed by atoms with Crippen LogP contribution in [-0.2, 0) is 14.9 Å². The summed E-state index contributed by atoms with van der Waals surface area (Å²) in [5.74, 6) is -0.547. The normalized spacial score (nSPS) is 14.4. The first-order chi connectivity index (χ1) is 8.19. The van der Waals surface area contributed by atoms with E-state index in [0.717, 1.165) is 0 Å². The van der Waals surface area contributed by atoms with E-state index in [2.05, 4.69) is 9.97 Å². The highest BCUT2D eigenvalue weighted by Crippen LogP contribution is 2.26. The number of hydrogen-bond donors (Lipinski definition) is 1. The Balaban J connectivity index is 3.10. The van der Waals surface area contributed by atoms with E-state index in [4.69, 9.17) is 10.5 Å². The highest BCUT2D eigenvalue weighted by molar-refractivity contribution is 5.86. The van der Waals surface area contributed by atoms with Crippen LogP contribution in [0.1, 0.15) is 33.3 Å². The molecule has 1 unspecified atom stereocenters. The second-order valence-corrected chi connectivity index (χ2v) is 5.07. The Kier molecular flexibility index (Phi) is 3.56. The van der Waals surface area contributed by atoms with E-state index in [1.807, 2.05) is 6.07 Å². The van der Waals surface area contributed by atoms with Crippen molar-refractivity contribution in [3.8, 4) is 6.07 Å². The molecule has 2 N–H and O–H groups in total. The van der Waals surface area contributed by atoms with E-state index >= 15 is 0 Å². The maximum Gasteiger partial charge on any atom is 0.331 e. The number of carbonyl (C=O) groups excluding carboxylic acids is 1. The third-order valence-corrected chi connectivity index (χ3v) is 2.28. The van der Waals surface area contributed by atoms with Crippen LogP contribution in [0.5, 0.6) is 0 Å². The molecular weight excluding hydrogens is 232 g/mol. The number of aromatic nitrogens is 2. The maximum absolute atomic E-state index is 12.1. The number of ether oxygens (including phenoxy) is 1. The highest BCUT2D eigenvalue weighted by Gasteiger charge is 2.40. The number of carbonyl (C=O) groups is 1. The summed E-state index contributed by atoms with van der Waals surface area (Å²) in [6.45, 7) is 6.68. The summed E-state index contributed by atoms with van der Waals surface area (Å²) in [5, 5.41) is 9.24. The van der Waals surface area contributed by atoms with Crippen molar-refractivity contribution in [3.63, 3.8) is 0 Å². The minimum atomic E-state index is -1.44. The number of nitrogens with zero attached hydrogens (tertiary/aromatic N) is 3. The third kappa shape index (κ3) is 2.94. The molecule has 0 aromatic carbocycles. The fraction of sp³-hybridized carbons (Fsp3) is 0.500. The SMILES string of the molecule is CC(C)(C)OC(=O)C(C)(C#N)c1cnc(N)nc1. The monoisotopic (exact) mass is 248 g/mol. The number of nitriles is 1. The minimum absolute atomic E-state index is 0.0863. The number of anilines is 1. The first kappa shape index (κ1) is 13.9. The van der Waals surface area contributed by atoms with Crippen molar-refractivity contribution in [1.29, 1.82) is 5.26 Å². The molecule has 0 aliphatic heterocycles. The van der Waals surface area contributed by atoms with Gasteiger partial charge in [-0.25, -0.2) is 14.8 Å². The van der Waals surface area contributed by atoms with Gasteiger partial charge < -0.3 is 10.5 Å². The van der Waals surface area contributed by atoms with Gasteiger partial charge in [0.1, 0.15) is 5.60 Å². The quantitative estimate of drug-likeness (QED) is 0.788. The summed E-state index contributed by atoms with van der Waals surface area (Å²) < 4.78 is 5.23. The molecule has 0 saturated carbocycles. The zero-order valence-electron chi connectivity index (χ0n) is 10.9. The Bertz CT molecular complexity index is 484. The van der Waals surface area contributed by atoms with Crippen molar-refractivity contribution >= 4 is 11.9 Å². The smallest absolute Gasteiger partial charge is 0.331 e. The summed E-state index contributed by atoms with van der Waals surface area (Å²) >= 11 is 0. The van der Waals surface area contributed by atoms with Crippen molar-refractivity contribution in [1.82, 2.24) is 9.97 Å². The molecule has 0 saturated heterocycles. The van der Waals surface area contributed by atoms with Crippen molar-refractivity contribution in [2.75, 3.05) is 5.73 Å². The molecular formula is C12H16N4O2. The van der Waals surface area contributed by atoms with Gasteiger partial charge in [0, 0.05) is 18.0 Å². The Morgan fingerprint density at radius 3 is 2.22 bits per heavy atom. The van der Waals surface area contributed by atoms with Crippen LogP contribution in [0.25, 0.3) is 0 Å². The molecule has 0 spiro atoms. The van der Waals surface area contributed by atoms with Crippen LogP contribution in [0.15, 0.2) is 12.4 Å². The molecule has 1 atom stereocenters. The summed E-state index contributed by atoms with van der Waals surface area (Å²) in [5.41, 5.74) is 3.62. The molecule has 0 aliphatic carbocycles. The molecule has 1 heterocycles. The van der Waals surface area contributed by atoms with Gasteiger partial charge in [-0.15, -0.1) is 0 Å². The Morgan fingerprint density at radius 2 is 1.83 bits per heavy atom. The molecule has 18 heavy (non-hydrogen) atoms. The molecule has 6 nitrogen and oxygen atoms in total. The average molecular weight is 248 g/mol. The van der Waals surface area contributed by atoms with Crippen molar-refractivity contribution < 1.29 is 9.53 Å². The van der Waals surface area contributed by atoms with Crippen LogP contribution < -0.4 is 5.73 Å². The molecule has 0 radical (unpaired) electrons. The number of nitrogen functional groups attached to an aromatic ring is 1. The lowest BCUT2D eigenvalue weighted by molar-refractivity contribution is -0.159. The summed E-state index contributed by atoms with van der Waals surface area (Å²) in [6.07, 6.45) is 2.71. The van der Waals surface area contributed by atoms with E-state index in [1.54, 1.807) is 20.8 Å². The van der Waals surface area contributed by atoms with Gasteiger partial charge in [0.15, 0.2) is 5.41 Å². The third-order valence-electron chi connectivity index (χ3n) is 2.28. The summed E-state index contributed by atoms with van der Waals surface area (Å²) in [6, 6.07) is 1.94. The van der Waals surface area contributed by atoms with Crippen LogP contribution in [0, 0.1) is 11.3 Å². The predicted molar refractivity (Wildman–Crippen MR) is 65.3 cm³/mol. The van der Waals surface area contributed by atoms with Gasteiger partial charge in [-0.05, 0) is 27.7 Å². The zero-order chi connectivity index (χ0) is 14.0. The molecule has 1 aromatic heterocycles. The Hall–Kier alpha value is -2.16. The number of rotatable bonds is 2. The maximum atomic E-state index is 12.1. The van der Waals surface area contributed by atoms with Crippen molar-refractivity contribution in [2.45, 2.75) is 38.7 Å². The lowest BCUT2D eigenvalue weighted by Crippen LogP contribution is -2.38. The van der Waals surface area contributed by atoms with E-state index in [1.165, 1.54) is 19.3 Å². The van der Waals surface area contributed by atoms with Gasteiger partial charge in [0.25, 0.3) is 0 Å². The molecule has 0 aliphatic rings. The van der Waals surface area contributed by atoms with Gasteiger partial charge >= 0.3 is 5.97 Å². The summed E-state index contributed by atoms with van der Waals surface area (Å²) in [4.78, 5) is 19.6. The molecule has 1 rings (SSSR count). The highest BCUT2D eigenvalue weighted by atomic mass is 16.6. The Morgan fingerprint density at radius 1 is 1.33 bits per heavy atom. The Labute approximate surface area is 106 Å². The van der Waals surface area contributed by atoms with Crippen LogP contribution in [0.4, 0.5) is 5.95 Å². The van der Waals surface area contributed by atoms with E-state index in [9.17, 15) is 10.1 Å². The first-order valence-corrected chi connectivity index (χ1v) is 5.42. The topological polar surface area (TPSA) is 102 Å². The molecule has 6 heteroatoms. The predicted octanol–water partition coefficient (Wildman–Crippen LogP) is 1.18. The van der Waals surface area contributed by atoms with Crippen LogP contribution >= 0.6 is 0 Å². The number of esters is 1.